The summed E-state index contributed by atoms with van der Waals surface area (Å²) in [5, 5.41) is 0. The van der Waals surface area contributed by atoms with Crippen molar-refractivity contribution in [3.8, 4) is 0 Å². The molecule has 86 valence electrons. The van der Waals surface area contributed by atoms with Gasteiger partial charge in [0.15, 0.2) is 0 Å². The first-order valence-corrected chi connectivity index (χ1v) is 5.53. The molecule has 0 aromatic heterocycles. The van der Waals surface area contributed by atoms with E-state index in [-0.39, 0.29) is 12.4 Å². The molecular formula is C11H9Cl2FO2. The van der Waals surface area contributed by atoms with Gasteiger partial charge in [-0.05, 0) is 24.1 Å². The summed E-state index contributed by atoms with van der Waals surface area (Å²) in [4.78, 5) is 11.4. The minimum Gasteiger partial charge on any atom is -0.461 e. The lowest BCUT2D eigenvalue weighted by Gasteiger charge is -2.04. The monoisotopic (exact) mass is 262 g/mol. The largest absolute Gasteiger partial charge is 0.461 e. The summed E-state index contributed by atoms with van der Waals surface area (Å²) in [6, 6.07) is 5.75. The molecular weight excluding hydrogens is 254 g/mol. The van der Waals surface area contributed by atoms with Crippen molar-refractivity contribution in [1.82, 2.24) is 0 Å². The lowest BCUT2D eigenvalue weighted by Crippen LogP contribution is -2.10. The quantitative estimate of drug-likeness (QED) is 0.618. The third-order valence-electron chi connectivity index (χ3n) is 2.40. The van der Waals surface area contributed by atoms with Crippen LogP contribution in [-0.2, 0) is 16.1 Å². The minimum absolute atomic E-state index is 0.111. The fourth-order valence-electron chi connectivity index (χ4n) is 1.30. The molecule has 5 heteroatoms. The van der Waals surface area contributed by atoms with Gasteiger partial charge in [0.2, 0.25) is 0 Å². The SMILES string of the molecule is O=C(OCc1ccc(F)cc1)C1CC1(Cl)Cl. The van der Waals surface area contributed by atoms with Gasteiger partial charge in [-0.15, -0.1) is 23.2 Å². The Kier molecular flexibility index (Phi) is 3.08. The van der Waals surface area contributed by atoms with Crippen molar-refractivity contribution < 1.29 is 13.9 Å². The molecule has 0 radical (unpaired) electrons. The zero-order chi connectivity index (χ0) is 11.8. The number of benzene rings is 1. The van der Waals surface area contributed by atoms with Crippen molar-refractivity contribution in [3.05, 3.63) is 35.6 Å². The van der Waals surface area contributed by atoms with Crippen LogP contribution in [-0.4, -0.2) is 10.3 Å². The second kappa shape index (κ2) is 4.22. The van der Waals surface area contributed by atoms with Gasteiger partial charge >= 0.3 is 5.97 Å². The van der Waals surface area contributed by atoms with Crippen LogP contribution in [0.15, 0.2) is 24.3 Å². The normalized spacial score (nSPS) is 21.6. The van der Waals surface area contributed by atoms with Crippen molar-refractivity contribution >= 4 is 29.2 Å². The predicted octanol–water partition coefficient (Wildman–Crippen LogP) is 3.06. The number of rotatable bonds is 3. The third kappa shape index (κ3) is 2.66. The van der Waals surface area contributed by atoms with Crippen LogP contribution in [0.1, 0.15) is 12.0 Å². The fourth-order valence-corrected chi connectivity index (χ4v) is 1.79. The summed E-state index contributed by atoms with van der Waals surface area (Å²) >= 11 is 11.4. The van der Waals surface area contributed by atoms with Gasteiger partial charge in [0.25, 0.3) is 0 Å². The first kappa shape index (κ1) is 11.7. The van der Waals surface area contributed by atoms with Crippen LogP contribution >= 0.6 is 23.2 Å². The maximum Gasteiger partial charge on any atom is 0.312 e. The van der Waals surface area contributed by atoms with Crippen LogP contribution in [0.3, 0.4) is 0 Å². The Balaban J connectivity index is 1.84. The van der Waals surface area contributed by atoms with Gasteiger partial charge in [-0.25, -0.2) is 4.39 Å². The smallest absolute Gasteiger partial charge is 0.312 e. The molecule has 2 nitrogen and oxygen atoms in total. The van der Waals surface area contributed by atoms with E-state index < -0.39 is 16.2 Å². The van der Waals surface area contributed by atoms with Gasteiger partial charge in [-0.2, -0.15) is 0 Å². The van der Waals surface area contributed by atoms with Gasteiger partial charge in [0.1, 0.15) is 16.8 Å². The van der Waals surface area contributed by atoms with Crippen molar-refractivity contribution in [2.24, 2.45) is 5.92 Å². The highest BCUT2D eigenvalue weighted by molar-refractivity contribution is 6.52. The zero-order valence-electron chi connectivity index (χ0n) is 8.25. The average molecular weight is 263 g/mol. The Labute approximate surface area is 102 Å². The Bertz CT molecular complexity index is 403. The molecule has 2 rings (SSSR count). The Hall–Kier alpha value is -0.800. The van der Waals surface area contributed by atoms with Crippen LogP contribution in [0.5, 0.6) is 0 Å². The second-order valence-corrected chi connectivity index (χ2v) is 5.29. The van der Waals surface area contributed by atoms with E-state index in [4.69, 9.17) is 27.9 Å². The van der Waals surface area contributed by atoms with E-state index in [1.54, 1.807) is 12.1 Å². The molecule has 1 saturated carbocycles. The fraction of sp³-hybridized carbons (Fsp3) is 0.364. The number of hydrogen-bond acceptors (Lipinski definition) is 2. The van der Waals surface area contributed by atoms with Crippen LogP contribution in [0.4, 0.5) is 4.39 Å². The summed E-state index contributed by atoms with van der Waals surface area (Å²) in [6.07, 6.45) is 0.429. The molecule has 1 fully saturated rings. The molecule has 16 heavy (non-hydrogen) atoms. The molecule has 0 heterocycles. The molecule has 0 spiro atoms. The topological polar surface area (TPSA) is 26.3 Å². The number of alkyl halides is 2. The summed E-state index contributed by atoms with van der Waals surface area (Å²) in [7, 11) is 0. The highest BCUT2D eigenvalue weighted by atomic mass is 35.5. The predicted molar refractivity (Wildman–Crippen MR) is 58.7 cm³/mol. The van der Waals surface area contributed by atoms with Gasteiger partial charge in [0.05, 0.1) is 5.92 Å². The van der Waals surface area contributed by atoms with Crippen molar-refractivity contribution in [3.63, 3.8) is 0 Å². The van der Waals surface area contributed by atoms with E-state index >= 15 is 0 Å². The van der Waals surface area contributed by atoms with E-state index in [9.17, 15) is 9.18 Å². The molecule has 1 aliphatic rings. The second-order valence-electron chi connectivity index (χ2n) is 3.75. The standard InChI is InChI=1S/C11H9Cl2FO2/c12-11(13)5-9(11)10(15)16-6-7-1-3-8(14)4-2-7/h1-4,9H,5-6H2. The number of carbonyl (C=O) groups excluding carboxylic acids is 1. The molecule has 1 unspecified atom stereocenters. The molecule has 1 aromatic rings. The van der Waals surface area contributed by atoms with Gasteiger partial charge in [-0.1, -0.05) is 12.1 Å². The summed E-state index contributed by atoms with van der Waals surface area (Å²) in [5.74, 6) is -1.16. The van der Waals surface area contributed by atoms with E-state index in [2.05, 4.69) is 0 Å². The maximum atomic E-state index is 12.6. The van der Waals surface area contributed by atoms with E-state index in [1.807, 2.05) is 0 Å². The van der Waals surface area contributed by atoms with Crippen LogP contribution in [0.2, 0.25) is 0 Å². The van der Waals surface area contributed by atoms with Crippen LogP contribution < -0.4 is 0 Å². The number of ether oxygens (including phenoxy) is 1. The van der Waals surface area contributed by atoms with Gasteiger partial charge < -0.3 is 4.74 Å². The Morgan fingerprint density at radius 1 is 1.44 bits per heavy atom. The van der Waals surface area contributed by atoms with Gasteiger partial charge in [0, 0.05) is 0 Å². The third-order valence-corrected chi connectivity index (χ3v) is 3.24. The minimum atomic E-state index is -0.958. The first-order valence-electron chi connectivity index (χ1n) is 4.78. The van der Waals surface area contributed by atoms with Crippen LogP contribution in [0.25, 0.3) is 0 Å². The van der Waals surface area contributed by atoms with E-state index in [0.29, 0.717) is 6.42 Å². The van der Waals surface area contributed by atoms with E-state index in [1.165, 1.54) is 12.1 Å². The maximum absolute atomic E-state index is 12.6. The molecule has 0 N–H and O–H groups in total. The first-order chi connectivity index (χ1) is 7.49. The molecule has 0 saturated heterocycles. The summed E-state index contributed by atoms with van der Waals surface area (Å²) < 4.78 is 16.6. The van der Waals surface area contributed by atoms with E-state index in [0.717, 1.165) is 5.56 Å². The molecule has 1 aromatic carbocycles. The van der Waals surface area contributed by atoms with Crippen molar-refractivity contribution in [2.75, 3.05) is 0 Å². The summed E-state index contributed by atoms with van der Waals surface area (Å²) in [5.41, 5.74) is 0.727. The number of carbonyl (C=O) groups is 1. The molecule has 1 aliphatic carbocycles. The molecule has 0 amide bonds. The Morgan fingerprint density at radius 2 is 2.00 bits per heavy atom. The van der Waals surface area contributed by atoms with Crippen molar-refractivity contribution in [2.45, 2.75) is 17.4 Å². The average Bonchev–Trinajstić information content (AvgIpc) is 2.87. The molecule has 0 bridgehead atoms. The number of hydrogen-bond donors (Lipinski definition) is 0. The Morgan fingerprint density at radius 3 is 2.50 bits per heavy atom. The molecule has 0 aliphatic heterocycles. The van der Waals surface area contributed by atoms with Gasteiger partial charge in [-0.3, -0.25) is 4.79 Å². The van der Waals surface area contributed by atoms with Crippen molar-refractivity contribution in [1.29, 1.82) is 0 Å². The number of esters is 1. The molecule has 1 atom stereocenters. The van der Waals surface area contributed by atoms with Crippen LogP contribution in [0, 0.1) is 11.7 Å². The summed E-state index contributed by atoms with van der Waals surface area (Å²) in [6.45, 7) is 0.111. The zero-order valence-corrected chi connectivity index (χ0v) is 9.76. The lowest BCUT2D eigenvalue weighted by molar-refractivity contribution is -0.146. The lowest BCUT2D eigenvalue weighted by atomic mass is 10.2. The number of halogens is 3. The highest BCUT2D eigenvalue weighted by Crippen LogP contribution is 2.53. The highest BCUT2D eigenvalue weighted by Gasteiger charge is 2.57.